The van der Waals surface area contributed by atoms with E-state index in [2.05, 4.69) is 5.32 Å². The van der Waals surface area contributed by atoms with Crippen LogP contribution in [-0.2, 0) is 11.3 Å². The smallest absolute Gasteiger partial charge is 0.272 e. The van der Waals surface area contributed by atoms with Gasteiger partial charge in [-0.05, 0) is 43.2 Å². The molecule has 4 aromatic rings. The molecule has 9 nitrogen and oxygen atoms in total. The highest BCUT2D eigenvalue weighted by Gasteiger charge is 2.21. The summed E-state index contributed by atoms with van der Waals surface area (Å²) in [7, 11) is 4.70. The van der Waals surface area contributed by atoms with Crippen LogP contribution in [0.4, 0.5) is 5.69 Å². The van der Waals surface area contributed by atoms with Gasteiger partial charge in [-0.3, -0.25) is 14.0 Å². The molecule has 0 spiro atoms. The molecule has 0 atom stereocenters. The van der Waals surface area contributed by atoms with Gasteiger partial charge in [0.15, 0.2) is 0 Å². The van der Waals surface area contributed by atoms with E-state index in [0.717, 1.165) is 5.56 Å². The Morgan fingerprint density at radius 1 is 1.09 bits per heavy atom. The van der Waals surface area contributed by atoms with Crippen molar-refractivity contribution in [2.45, 2.75) is 19.9 Å². The third kappa shape index (κ3) is 4.14. The Morgan fingerprint density at radius 3 is 2.64 bits per heavy atom. The molecule has 1 aromatic carbocycles. The van der Waals surface area contributed by atoms with Crippen molar-refractivity contribution in [3.8, 4) is 11.5 Å². The van der Waals surface area contributed by atoms with E-state index >= 15 is 0 Å². The van der Waals surface area contributed by atoms with Crippen molar-refractivity contribution in [3.63, 3.8) is 0 Å². The predicted molar refractivity (Wildman–Crippen MR) is 126 cm³/mol. The highest BCUT2D eigenvalue weighted by atomic mass is 16.5. The first-order chi connectivity index (χ1) is 16.0. The summed E-state index contributed by atoms with van der Waals surface area (Å²) in [5.41, 5.74) is 2.50. The number of carbonyl (C=O) groups is 1. The van der Waals surface area contributed by atoms with Crippen LogP contribution in [-0.4, -0.2) is 47.8 Å². The zero-order chi connectivity index (χ0) is 23.5. The second-order valence-electron chi connectivity index (χ2n) is 7.59. The van der Waals surface area contributed by atoms with E-state index in [1.165, 1.54) is 11.5 Å². The van der Waals surface area contributed by atoms with E-state index in [-0.39, 0.29) is 11.5 Å². The minimum absolute atomic E-state index is 0.222. The van der Waals surface area contributed by atoms with Crippen LogP contribution in [0.2, 0.25) is 0 Å². The van der Waals surface area contributed by atoms with Crippen molar-refractivity contribution < 1.29 is 19.0 Å². The van der Waals surface area contributed by atoms with Gasteiger partial charge in [0.2, 0.25) is 0 Å². The van der Waals surface area contributed by atoms with Crippen molar-refractivity contribution in [1.82, 2.24) is 14.0 Å². The number of pyridine rings is 1. The van der Waals surface area contributed by atoms with Crippen LogP contribution in [0.25, 0.3) is 16.7 Å². The lowest BCUT2D eigenvalue weighted by Crippen LogP contribution is -2.19. The number of fused-ring (bicyclic) bond motifs is 2. The molecule has 0 unspecified atom stereocenters. The molecule has 0 aliphatic rings. The molecular weight excluding hydrogens is 424 g/mol. The van der Waals surface area contributed by atoms with Crippen LogP contribution >= 0.6 is 0 Å². The van der Waals surface area contributed by atoms with Crippen molar-refractivity contribution in [2.75, 3.05) is 33.3 Å². The maximum atomic E-state index is 13.3. The molecule has 1 N–H and O–H groups in total. The quantitative estimate of drug-likeness (QED) is 0.414. The number of carbonyl (C=O) groups excluding carboxylic acids is 1. The van der Waals surface area contributed by atoms with E-state index in [9.17, 15) is 9.59 Å². The van der Waals surface area contributed by atoms with Crippen LogP contribution in [0.15, 0.2) is 47.4 Å². The lowest BCUT2D eigenvalue weighted by atomic mass is 10.2. The van der Waals surface area contributed by atoms with Gasteiger partial charge < -0.3 is 24.1 Å². The second-order valence-corrected chi connectivity index (χ2v) is 7.59. The Kier molecular flexibility index (Phi) is 6.32. The number of anilines is 1. The van der Waals surface area contributed by atoms with Gasteiger partial charge in [-0.25, -0.2) is 4.98 Å². The Bertz CT molecular complexity index is 1390. The highest BCUT2D eigenvalue weighted by Crippen LogP contribution is 2.30. The average molecular weight is 450 g/mol. The molecule has 172 valence electrons. The Hall–Kier alpha value is -3.85. The number of ether oxygens (including phenoxy) is 3. The minimum Gasteiger partial charge on any atom is -0.497 e. The number of nitrogens with one attached hydrogen (secondary N) is 1. The zero-order valence-electron chi connectivity index (χ0n) is 19.0. The van der Waals surface area contributed by atoms with Crippen LogP contribution < -0.4 is 20.3 Å². The Morgan fingerprint density at radius 2 is 1.91 bits per heavy atom. The monoisotopic (exact) mass is 450 g/mol. The number of amides is 1. The largest absolute Gasteiger partial charge is 0.497 e. The Labute approximate surface area is 190 Å². The second kappa shape index (κ2) is 9.33. The summed E-state index contributed by atoms with van der Waals surface area (Å²) in [6, 6.07) is 10.4. The molecule has 4 rings (SSSR count). The van der Waals surface area contributed by atoms with Gasteiger partial charge in [-0.2, -0.15) is 0 Å². The van der Waals surface area contributed by atoms with E-state index in [1.54, 1.807) is 55.3 Å². The Balaban J connectivity index is 1.83. The SMILES string of the molecule is COCCCn1c(C(=O)Nc2ccc(OC)cc2OC)cc2c(=O)n3cccc(C)c3nc21. The van der Waals surface area contributed by atoms with Gasteiger partial charge in [0.25, 0.3) is 11.5 Å². The van der Waals surface area contributed by atoms with Crippen LogP contribution in [0.3, 0.4) is 0 Å². The van der Waals surface area contributed by atoms with Gasteiger partial charge in [-0.15, -0.1) is 0 Å². The van der Waals surface area contributed by atoms with E-state index in [1.807, 2.05) is 13.0 Å². The van der Waals surface area contributed by atoms with Crippen molar-refractivity contribution >= 4 is 28.3 Å². The molecule has 0 radical (unpaired) electrons. The number of aromatic nitrogens is 3. The number of aryl methyl sites for hydroxylation is 2. The van der Waals surface area contributed by atoms with Gasteiger partial charge in [0, 0.05) is 32.5 Å². The normalized spacial score (nSPS) is 11.2. The molecule has 0 aliphatic carbocycles. The first kappa shape index (κ1) is 22.3. The van der Waals surface area contributed by atoms with Crippen LogP contribution in [0.1, 0.15) is 22.5 Å². The molecule has 33 heavy (non-hydrogen) atoms. The average Bonchev–Trinajstić information content (AvgIpc) is 3.19. The van der Waals surface area contributed by atoms with E-state index in [0.29, 0.717) is 59.1 Å². The zero-order valence-corrected chi connectivity index (χ0v) is 19.0. The number of benzene rings is 1. The third-order valence-corrected chi connectivity index (χ3v) is 5.51. The molecule has 3 heterocycles. The number of methoxy groups -OCH3 is 3. The van der Waals surface area contributed by atoms with Gasteiger partial charge >= 0.3 is 0 Å². The van der Waals surface area contributed by atoms with Crippen molar-refractivity contribution in [3.05, 3.63) is 64.2 Å². The number of hydrogen-bond acceptors (Lipinski definition) is 6. The molecule has 0 bridgehead atoms. The fourth-order valence-electron chi connectivity index (χ4n) is 3.83. The number of hydrogen-bond donors (Lipinski definition) is 1. The fourth-order valence-corrected chi connectivity index (χ4v) is 3.83. The fraction of sp³-hybridized carbons (Fsp3) is 0.292. The summed E-state index contributed by atoms with van der Waals surface area (Å²) in [4.78, 5) is 31.3. The predicted octanol–water partition coefficient (Wildman–Crippen LogP) is 3.26. The van der Waals surface area contributed by atoms with Crippen molar-refractivity contribution in [1.29, 1.82) is 0 Å². The number of rotatable bonds is 8. The summed E-state index contributed by atoms with van der Waals surface area (Å²) in [5.74, 6) is 0.696. The summed E-state index contributed by atoms with van der Waals surface area (Å²) < 4.78 is 19.1. The van der Waals surface area contributed by atoms with Crippen molar-refractivity contribution in [2.24, 2.45) is 0 Å². The topological polar surface area (TPSA) is 96.1 Å². The maximum absolute atomic E-state index is 13.3. The summed E-state index contributed by atoms with van der Waals surface area (Å²) in [6.07, 6.45) is 2.34. The standard InChI is InChI=1S/C24H26N4O5/c1-15-7-5-10-28-21(15)26-22-17(24(28)30)14-19(27(22)11-6-12-31-2)23(29)25-18-9-8-16(32-3)13-20(18)33-4/h5,7-10,13-14H,6,11-12H2,1-4H3,(H,25,29). The minimum atomic E-state index is -0.376. The molecule has 0 aliphatic heterocycles. The van der Waals surface area contributed by atoms with Gasteiger partial charge in [0.05, 0.1) is 25.3 Å². The maximum Gasteiger partial charge on any atom is 0.272 e. The molecule has 0 fully saturated rings. The molecule has 1 amide bonds. The van der Waals surface area contributed by atoms with Crippen LogP contribution in [0, 0.1) is 6.92 Å². The van der Waals surface area contributed by atoms with E-state index in [4.69, 9.17) is 19.2 Å². The summed E-state index contributed by atoms with van der Waals surface area (Å²) >= 11 is 0. The molecule has 0 saturated heterocycles. The first-order valence-electron chi connectivity index (χ1n) is 10.5. The van der Waals surface area contributed by atoms with Gasteiger partial charge in [-0.1, -0.05) is 6.07 Å². The third-order valence-electron chi connectivity index (χ3n) is 5.51. The summed E-state index contributed by atoms with van der Waals surface area (Å²) in [6.45, 7) is 2.88. The van der Waals surface area contributed by atoms with E-state index < -0.39 is 0 Å². The molecule has 9 heteroatoms. The lowest BCUT2D eigenvalue weighted by molar-refractivity contribution is 0.101. The summed E-state index contributed by atoms with van der Waals surface area (Å²) in [5, 5.41) is 3.26. The number of nitrogens with zero attached hydrogens (tertiary/aromatic N) is 3. The first-order valence-corrected chi connectivity index (χ1v) is 10.5. The lowest BCUT2D eigenvalue weighted by Gasteiger charge is -2.13. The molecule has 3 aromatic heterocycles. The highest BCUT2D eigenvalue weighted by molar-refractivity contribution is 6.06. The van der Waals surface area contributed by atoms with Gasteiger partial charge in [0.1, 0.15) is 28.5 Å². The molecular formula is C24H26N4O5. The van der Waals surface area contributed by atoms with Crippen LogP contribution in [0.5, 0.6) is 11.5 Å². The molecule has 0 saturated carbocycles.